The van der Waals surface area contributed by atoms with E-state index in [2.05, 4.69) is 54.7 Å². The molecule has 1 aromatic rings. The molecule has 4 heteroatoms. The highest BCUT2D eigenvalue weighted by Gasteiger charge is 2.31. The van der Waals surface area contributed by atoms with Crippen molar-refractivity contribution in [3.63, 3.8) is 0 Å². The maximum Gasteiger partial charge on any atom is 0.126 e. The van der Waals surface area contributed by atoms with E-state index in [0.29, 0.717) is 6.10 Å². The van der Waals surface area contributed by atoms with Crippen molar-refractivity contribution in [2.45, 2.75) is 51.9 Å². The van der Waals surface area contributed by atoms with Crippen molar-refractivity contribution in [1.29, 1.82) is 0 Å². The van der Waals surface area contributed by atoms with Gasteiger partial charge < -0.3 is 4.74 Å². The van der Waals surface area contributed by atoms with Gasteiger partial charge in [0.2, 0.25) is 0 Å². The van der Waals surface area contributed by atoms with Crippen LogP contribution in [0, 0.1) is 10.6 Å². The molecule has 0 bridgehead atoms. The van der Waals surface area contributed by atoms with Gasteiger partial charge in [-0.05, 0) is 56.2 Å². The fourth-order valence-corrected chi connectivity index (χ4v) is 2.42. The molecule has 3 nitrogen and oxygen atoms in total. The molecule has 2 heterocycles. The first kappa shape index (κ1) is 11.4. The molecule has 0 radical (unpaired) electrons. The summed E-state index contributed by atoms with van der Waals surface area (Å²) in [6.45, 7) is 7.29. The second-order valence-corrected chi connectivity index (χ2v) is 5.88. The lowest BCUT2D eigenvalue weighted by Gasteiger charge is -2.19. The predicted octanol–water partition coefficient (Wildman–Crippen LogP) is 2.75. The highest BCUT2D eigenvalue weighted by molar-refractivity contribution is 14.1. The summed E-state index contributed by atoms with van der Waals surface area (Å²) in [5.74, 6) is 0. The lowest BCUT2D eigenvalue weighted by molar-refractivity contribution is -0.0230. The van der Waals surface area contributed by atoms with Crippen molar-refractivity contribution >= 4 is 22.6 Å². The van der Waals surface area contributed by atoms with E-state index in [1.165, 1.54) is 5.56 Å². The van der Waals surface area contributed by atoms with Gasteiger partial charge in [0.1, 0.15) is 3.70 Å². The molecule has 1 saturated heterocycles. The molecule has 1 atom stereocenters. The van der Waals surface area contributed by atoms with Crippen molar-refractivity contribution in [1.82, 2.24) is 9.78 Å². The molecule has 1 aromatic heterocycles. The Morgan fingerprint density at radius 1 is 1.67 bits per heavy atom. The number of rotatable bonds is 2. The zero-order valence-electron chi connectivity index (χ0n) is 9.46. The Balaban J connectivity index is 1.98. The molecule has 15 heavy (non-hydrogen) atoms. The average Bonchev–Trinajstić information content (AvgIpc) is 2.58. The summed E-state index contributed by atoms with van der Waals surface area (Å²) in [6.07, 6.45) is 4.71. The quantitative estimate of drug-likeness (QED) is 0.784. The zero-order valence-corrected chi connectivity index (χ0v) is 11.6. The predicted molar refractivity (Wildman–Crippen MR) is 67.9 cm³/mol. The molecule has 0 aliphatic carbocycles. The normalized spacial score (nSPS) is 24.7. The van der Waals surface area contributed by atoms with Gasteiger partial charge in [-0.1, -0.05) is 0 Å². The Hall–Kier alpha value is -0.100. The number of ether oxygens (including phenoxy) is 1. The second kappa shape index (κ2) is 4.05. The molecule has 0 aromatic carbocycles. The molecule has 1 unspecified atom stereocenters. The molecule has 0 saturated carbocycles. The summed E-state index contributed by atoms with van der Waals surface area (Å²) in [5, 5.41) is 4.44. The molecule has 1 aliphatic heterocycles. The van der Waals surface area contributed by atoms with E-state index in [0.717, 1.165) is 23.1 Å². The van der Waals surface area contributed by atoms with Crippen LogP contribution in [0.3, 0.4) is 0 Å². The number of hydrogen-bond acceptors (Lipinski definition) is 2. The Labute approximate surface area is 104 Å². The van der Waals surface area contributed by atoms with Gasteiger partial charge in [0.05, 0.1) is 18.2 Å². The van der Waals surface area contributed by atoms with Crippen molar-refractivity contribution in [2.24, 2.45) is 0 Å². The maximum atomic E-state index is 5.94. The summed E-state index contributed by atoms with van der Waals surface area (Å²) in [6, 6.07) is 0. The number of aryl methyl sites for hydroxylation is 1. The Morgan fingerprint density at radius 2 is 2.40 bits per heavy atom. The molecule has 84 valence electrons. The van der Waals surface area contributed by atoms with Crippen LogP contribution in [0.2, 0.25) is 0 Å². The molecule has 0 amide bonds. The smallest absolute Gasteiger partial charge is 0.126 e. The topological polar surface area (TPSA) is 27.1 Å². The minimum Gasteiger partial charge on any atom is -0.370 e. The molecule has 2 rings (SSSR count). The molecule has 0 spiro atoms. The summed E-state index contributed by atoms with van der Waals surface area (Å²) in [5.41, 5.74) is 1.30. The van der Waals surface area contributed by atoms with Gasteiger partial charge in [0.15, 0.2) is 0 Å². The number of aromatic nitrogens is 2. The fourth-order valence-electron chi connectivity index (χ4n) is 2.01. The highest BCUT2D eigenvalue weighted by atomic mass is 127. The van der Waals surface area contributed by atoms with Crippen LogP contribution >= 0.6 is 22.6 Å². The molecular formula is C11H17IN2O. The standard InChI is InChI=1S/C11H17IN2O/c1-8-6-14(13-10(8)12)7-9-4-5-11(2,3)15-9/h6,9H,4-5,7H2,1-3H3. The number of hydrogen-bond donors (Lipinski definition) is 0. The van der Waals surface area contributed by atoms with E-state index in [4.69, 9.17) is 4.74 Å². The first-order valence-electron chi connectivity index (χ1n) is 5.34. The summed E-state index contributed by atoms with van der Waals surface area (Å²) >= 11 is 2.27. The van der Waals surface area contributed by atoms with E-state index < -0.39 is 0 Å². The number of halogens is 1. The minimum absolute atomic E-state index is 0.0556. The van der Waals surface area contributed by atoms with Gasteiger partial charge in [0, 0.05) is 11.8 Å². The summed E-state index contributed by atoms with van der Waals surface area (Å²) in [7, 11) is 0. The lowest BCUT2D eigenvalue weighted by atomic mass is 10.1. The Kier molecular flexibility index (Phi) is 3.07. The molecular weight excluding hydrogens is 303 g/mol. The van der Waals surface area contributed by atoms with Crippen molar-refractivity contribution < 1.29 is 4.74 Å². The third kappa shape index (κ3) is 2.72. The number of nitrogens with zero attached hydrogens (tertiary/aromatic N) is 2. The first-order valence-corrected chi connectivity index (χ1v) is 6.41. The SMILES string of the molecule is Cc1cn(CC2CCC(C)(C)O2)nc1I. The van der Waals surface area contributed by atoms with Crippen molar-refractivity contribution in [2.75, 3.05) is 0 Å². The van der Waals surface area contributed by atoms with Gasteiger partial charge in [-0.3, -0.25) is 4.68 Å². The lowest BCUT2D eigenvalue weighted by Crippen LogP contribution is -2.23. The van der Waals surface area contributed by atoms with Crippen LogP contribution in [0.25, 0.3) is 0 Å². The third-order valence-corrected chi connectivity index (χ3v) is 3.90. The first-order chi connectivity index (χ1) is 6.96. The van der Waals surface area contributed by atoms with E-state index in [1.807, 2.05) is 4.68 Å². The van der Waals surface area contributed by atoms with Gasteiger partial charge in [-0.25, -0.2) is 0 Å². The summed E-state index contributed by atoms with van der Waals surface area (Å²) < 4.78 is 9.03. The van der Waals surface area contributed by atoms with Crippen LogP contribution in [-0.2, 0) is 11.3 Å². The maximum absolute atomic E-state index is 5.94. The Bertz CT molecular complexity index is 340. The minimum atomic E-state index is 0.0556. The molecule has 0 N–H and O–H groups in total. The highest BCUT2D eigenvalue weighted by Crippen LogP contribution is 2.30. The fraction of sp³-hybridized carbons (Fsp3) is 0.727. The average molecular weight is 320 g/mol. The van der Waals surface area contributed by atoms with E-state index in [9.17, 15) is 0 Å². The van der Waals surface area contributed by atoms with Crippen LogP contribution in [0.5, 0.6) is 0 Å². The molecule has 1 fully saturated rings. The van der Waals surface area contributed by atoms with E-state index in [-0.39, 0.29) is 5.60 Å². The van der Waals surface area contributed by atoms with Crippen LogP contribution < -0.4 is 0 Å². The van der Waals surface area contributed by atoms with Gasteiger partial charge in [0.25, 0.3) is 0 Å². The third-order valence-electron chi connectivity index (χ3n) is 2.83. The molecule has 1 aliphatic rings. The second-order valence-electron chi connectivity index (χ2n) is 4.86. The zero-order chi connectivity index (χ0) is 11.1. The van der Waals surface area contributed by atoms with Crippen LogP contribution in [0.4, 0.5) is 0 Å². The monoisotopic (exact) mass is 320 g/mol. The van der Waals surface area contributed by atoms with Crippen LogP contribution in [0.15, 0.2) is 6.20 Å². The van der Waals surface area contributed by atoms with Crippen molar-refractivity contribution in [3.05, 3.63) is 15.5 Å². The van der Waals surface area contributed by atoms with Crippen molar-refractivity contribution in [3.8, 4) is 0 Å². The van der Waals surface area contributed by atoms with Crippen LogP contribution in [-0.4, -0.2) is 21.5 Å². The van der Waals surface area contributed by atoms with Crippen LogP contribution in [0.1, 0.15) is 32.3 Å². The van der Waals surface area contributed by atoms with E-state index in [1.54, 1.807) is 0 Å². The largest absolute Gasteiger partial charge is 0.370 e. The van der Waals surface area contributed by atoms with Gasteiger partial charge in [-0.15, -0.1) is 0 Å². The Morgan fingerprint density at radius 3 is 2.87 bits per heavy atom. The van der Waals surface area contributed by atoms with Gasteiger partial charge in [-0.2, -0.15) is 5.10 Å². The van der Waals surface area contributed by atoms with Gasteiger partial charge >= 0.3 is 0 Å². The summed E-state index contributed by atoms with van der Waals surface area (Å²) in [4.78, 5) is 0. The van der Waals surface area contributed by atoms with E-state index >= 15 is 0 Å².